The first-order chi connectivity index (χ1) is 9.86. The fourth-order valence-electron chi connectivity index (χ4n) is 2.25. The maximum Gasteiger partial charge on any atom is 0.351 e. The Morgan fingerprint density at radius 1 is 1.67 bits per heavy atom. The molecule has 0 unspecified atom stereocenters. The maximum absolute atomic E-state index is 11.8. The first kappa shape index (κ1) is 15.1. The zero-order valence-electron chi connectivity index (χ0n) is 10.9. The minimum absolute atomic E-state index is 0.0133. The Morgan fingerprint density at radius 3 is 2.81 bits per heavy atom. The summed E-state index contributed by atoms with van der Waals surface area (Å²) in [5.41, 5.74) is 7.98. The zero-order chi connectivity index (χ0) is 15.8. The number of hydrogen-bond donors (Lipinski definition) is 4. The Kier molecular flexibility index (Phi) is 3.77. The topological polar surface area (TPSA) is 166 Å². The number of amides is 1. The first-order valence-electron chi connectivity index (χ1n) is 5.95. The van der Waals surface area contributed by atoms with Gasteiger partial charge in [-0.3, -0.25) is 14.4 Å². The van der Waals surface area contributed by atoms with Gasteiger partial charge in [0.1, 0.15) is 17.8 Å². The Hall–Kier alpha value is -2.30. The number of carbonyl (C=O) groups is 1. The normalized spacial score (nSPS) is 32.0. The molecule has 0 radical (unpaired) electrons. The van der Waals surface area contributed by atoms with E-state index in [4.69, 9.17) is 16.2 Å². The van der Waals surface area contributed by atoms with Crippen LogP contribution in [0.1, 0.15) is 6.23 Å². The number of carbonyl (C=O) groups excluding carboxylic acids is 1. The molecular weight excluding hydrogens is 282 g/mol. The molecular formula is C11H15N5O5. The van der Waals surface area contributed by atoms with Crippen molar-refractivity contribution in [3.05, 3.63) is 22.7 Å². The van der Waals surface area contributed by atoms with Gasteiger partial charge in [-0.2, -0.15) is 4.98 Å². The fraction of sp³-hybridized carbons (Fsp3) is 0.455. The summed E-state index contributed by atoms with van der Waals surface area (Å²) in [5.74, 6) is -2.25. The molecule has 1 aliphatic heterocycles. The van der Waals surface area contributed by atoms with Crippen LogP contribution in [0.5, 0.6) is 0 Å². The quantitative estimate of drug-likeness (QED) is 0.435. The second-order valence-electron chi connectivity index (χ2n) is 4.58. The molecule has 0 aliphatic carbocycles. The zero-order valence-corrected chi connectivity index (χ0v) is 10.9. The van der Waals surface area contributed by atoms with Crippen LogP contribution in [-0.4, -0.2) is 50.8 Å². The Balaban J connectivity index is 2.53. The van der Waals surface area contributed by atoms with Crippen molar-refractivity contribution in [2.24, 2.45) is 16.6 Å². The van der Waals surface area contributed by atoms with E-state index in [1.807, 2.05) is 0 Å². The van der Waals surface area contributed by atoms with Crippen LogP contribution in [0, 0.1) is 5.92 Å². The van der Waals surface area contributed by atoms with Gasteiger partial charge in [0.25, 0.3) is 0 Å². The molecule has 1 aromatic heterocycles. The van der Waals surface area contributed by atoms with Crippen LogP contribution in [0.2, 0.25) is 0 Å². The summed E-state index contributed by atoms with van der Waals surface area (Å²) >= 11 is 0. The number of nitrogen functional groups attached to an aromatic ring is 1. The highest BCUT2D eigenvalue weighted by Crippen LogP contribution is 2.41. The molecule has 2 heterocycles. The maximum atomic E-state index is 11.8. The van der Waals surface area contributed by atoms with Crippen molar-refractivity contribution >= 4 is 18.4 Å². The summed E-state index contributed by atoms with van der Waals surface area (Å²) in [5, 5.41) is 19.5. The van der Waals surface area contributed by atoms with Crippen molar-refractivity contribution in [2.75, 3.05) is 12.3 Å². The molecule has 1 aliphatic rings. The van der Waals surface area contributed by atoms with Gasteiger partial charge in [-0.1, -0.05) is 0 Å². The number of ether oxygens (including phenoxy) is 1. The van der Waals surface area contributed by atoms with E-state index in [1.54, 1.807) is 0 Å². The number of aliphatic hydroxyl groups excluding tert-OH is 2. The van der Waals surface area contributed by atoms with Gasteiger partial charge in [0.2, 0.25) is 11.6 Å². The molecule has 1 aromatic rings. The summed E-state index contributed by atoms with van der Waals surface area (Å²) in [4.78, 5) is 30.4. The van der Waals surface area contributed by atoms with Gasteiger partial charge in [-0.05, 0) is 12.8 Å². The van der Waals surface area contributed by atoms with Crippen LogP contribution >= 0.6 is 0 Å². The van der Waals surface area contributed by atoms with Gasteiger partial charge in [0, 0.05) is 6.20 Å². The summed E-state index contributed by atoms with van der Waals surface area (Å²) in [6.45, 7) is 2.48. The monoisotopic (exact) mass is 297 g/mol. The number of aliphatic imine (C=N–C) groups is 1. The van der Waals surface area contributed by atoms with Crippen molar-refractivity contribution in [3.8, 4) is 0 Å². The van der Waals surface area contributed by atoms with Gasteiger partial charge < -0.3 is 26.4 Å². The van der Waals surface area contributed by atoms with Crippen molar-refractivity contribution in [1.29, 1.82) is 0 Å². The molecule has 10 nitrogen and oxygen atoms in total. The number of rotatable bonds is 4. The lowest BCUT2D eigenvalue weighted by Crippen LogP contribution is -2.45. The van der Waals surface area contributed by atoms with Crippen molar-refractivity contribution in [1.82, 2.24) is 9.55 Å². The van der Waals surface area contributed by atoms with Gasteiger partial charge in [0.05, 0.1) is 6.61 Å². The number of nitrogens with zero attached hydrogens (tertiary/aromatic N) is 3. The molecule has 4 atom stereocenters. The standard InChI is InChI=1S/C11H15N5O5/c1-14-11(4-17)7(18)6(8(13)19)9(21-11)16-3-2-5(12)15-10(16)20/h2-3,6-7,9,17-18H,1,4H2,(H2,13,19)(H2,12,15,20)/t6-,7+,9-,11-/m1/s1. The Morgan fingerprint density at radius 2 is 2.33 bits per heavy atom. The van der Waals surface area contributed by atoms with E-state index in [0.717, 1.165) is 4.57 Å². The number of primary amides is 1. The molecule has 2 rings (SSSR count). The third kappa shape index (κ3) is 2.28. The molecule has 6 N–H and O–H groups in total. The molecule has 1 amide bonds. The molecule has 1 saturated heterocycles. The second kappa shape index (κ2) is 5.24. The van der Waals surface area contributed by atoms with Crippen LogP contribution in [-0.2, 0) is 9.53 Å². The number of anilines is 1. The summed E-state index contributed by atoms with van der Waals surface area (Å²) in [7, 11) is 0. The SMILES string of the molecule is C=N[C@]1(CO)O[C@@H](n2ccc(N)nc2=O)[C@@H](C(N)=O)[C@@H]1O. The highest BCUT2D eigenvalue weighted by Gasteiger charge is 2.57. The van der Waals surface area contributed by atoms with E-state index < -0.39 is 42.2 Å². The summed E-state index contributed by atoms with van der Waals surface area (Å²) < 4.78 is 6.33. The fourth-order valence-corrected chi connectivity index (χ4v) is 2.25. The predicted octanol–water partition coefficient (Wildman–Crippen LogP) is -2.79. The van der Waals surface area contributed by atoms with E-state index in [-0.39, 0.29) is 5.82 Å². The summed E-state index contributed by atoms with van der Waals surface area (Å²) in [6.07, 6.45) is -1.60. The van der Waals surface area contributed by atoms with E-state index in [9.17, 15) is 19.8 Å². The van der Waals surface area contributed by atoms with Crippen LogP contribution in [0.15, 0.2) is 22.1 Å². The molecule has 0 aromatic carbocycles. The molecule has 1 fully saturated rings. The van der Waals surface area contributed by atoms with E-state index in [2.05, 4.69) is 16.7 Å². The van der Waals surface area contributed by atoms with Gasteiger partial charge in [-0.25, -0.2) is 4.79 Å². The van der Waals surface area contributed by atoms with Crippen molar-refractivity contribution < 1.29 is 19.7 Å². The van der Waals surface area contributed by atoms with E-state index in [1.165, 1.54) is 12.3 Å². The highest BCUT2D eigenvalue weighted by atomic mass is 16.6. The average Bonchev–Trinajstić information content (AvgIpc) is 2.72. The van der Waals surface area contributed by atoms with Crippen molar-refractivity contribution in [3.63, 3.8) is 0 Å². The van der Waals surface area contributed by atoms with Gasteiger partial charge >= 0.3 is 5.69 Å². The van der Waals surface area contributed by atoms with Crippen LogP contribution < -0.4 is 17.2 Å². The molecule has 0 bridgehead atoms. The Bertz CT molecular complexity index is 632. The van der Waals surface area contributed by atoms with Gasteiger partial charge in [0.15, 0.2) is 6.23 Å². The minimum Gasteiger partial charge on any atom is -0.391 e. The van der Waals surface area contributed by atoms with Crippen LogP contribution in [0.25, 0.3) is 0 Å². The van der Waals surface area contributed by atoms with E-state index in [0.29, 0.717) is 0 Å². The third-order valence-electron chi connectivity index (χ3n) is 3.38. The van der Waals surface area contributed by atoms with E-state index >= 15 is 0 Å². The minimum atomic E-state index is -1.84. The molecule has 21 heavy (non-hydrogen) atoms. The lowest BCUT2D eigenvalue weighted by atomic mass is 9.95. The number of aromatic nitrogens is 2. The number of nitrogens with two attached hydrogens (primary N) is 2. The largest absolute Gasteiger partial charge is 0.391 e. The van der Waals surface area contributed by atoms with Crippen molar-refractivity contribution in [2.45, 2.75) is 18.1 Å². The van der Waals surface area contributed by atoms with Gasteiger partial charge in [-0.15, -0.1) is 0 Å². The highest BCUT2D eigenvalue weighted by molar-refractivity contribution is 5.78. The Labute approximate surface area is 118 Å². The predicted molar refractivity (Wildman–Crippen MR) is 71.1 cm³/mol. The first-order valence-corrected chi connectivity index (χ1v) is 5.95. The second-order valence-corrected chi connectivity index (χ2v) is 4.58. The molecule has 114 valence electrons. The smallest absolute Gasteiger partial charge is 0.351 e. The lowest BCUT2D eigenvalue weighted by molar-refractivity contribution is -0.128. The average molecular weight is 297 g/mol. The van der Waals surface area contributed by atoms with Crippen LogP contribution in [0.4, 0.5) is 5.82 Å². The molecule has 0 spiro atoms. The summed E-state index contributed by atoms with van der Waals surface area (Å²) in [6, 6.07) is 1.31. The molecule has 0 saturated carbocycles. The third-order valence-corrected chi connectivity index (χ3v) is 3.38. The lowest BCUT2D eigenvalue weighted by Gasteiger charge is -2.24. The number of aliphatic hydroxyl groups is 2. The van der Waals surface area contributed by atoms with Crippen LogP contribution in [0.3, 0.4) is 0 Å². The number of hydrogen-bond acceptors (Lipinski definition) is 8. The molecule has 10 heteroatoms.